The number of halogens is 3. The first-order chi connectivity index (χ1) is 13.3. The van der Waals surface area contributed by atoms with Crippen LogP contribution in [-0.4, -0.2) is 16.7 Å². The van der Waals surface area contributed by atoms with Crippen LogP contribution < -0.4 is 5.43 Å². The molecule has 1 heterocycles. The van der Waals surface area contributed by atoms with E-state index in [2.05, 4.69) is 10.5 Å². The van der Waals surface area contributed by atoms with E-state index in [1.807, 2.05) is 54.1 Å². The summed E-state index contributed by atoms with van der Waals surface area (Å²) in [6.07, 6.45) is -1.25. The maximum absolute atomic E-state index is 12.7. The van der Waals surface area contributed by atoms with Crippen molar-refractivity contribution >= 4 is 12.1 Å². The third-order valence-corrected chi connectivity index (χ3v) is 4.09. The normalized spacial score (nSPS) is 11.7. The first kappa shape index (κ1) is 19.4. The summed E-state index contributed by atoms with van der Waals surface area (Å²) in [7, 11) is 0. The van der Waals surface area contributed by atoms with Gasteiger partial charge in [-0.05, 0) is 36.8 Å². The number of carbonyl (C=O) groups excluding carboxylic acids is 1. The Morgan fingerprint density at radius 2 is 1.86 bits per heavy atom. The number of rotatable bonds is 5. The number of nitrogens with zero attached hydrogens (tertiary/aromatic N) is 2. The fraction of sp³-hybridized carbons (Fsp3) is 0.143. The van der Waals surface area contributed by atoms with Crippen LogP contribution >= 0.6 is 0 Å². The van der Waals surface area contributed by atoms with Crippen molar-refractivity contribution in [1.82, 2.24) is 9.99 Å². The Balaban J connectivity index is 1.62. The molecule has 0 saturated carbocycles. The first-order valence-electron chi connectivity index (χ1n) is 8.55. The zero-order valence-corrected chi connectivity index (χ0v) is 15.1. The first-order valence-corrected chi connectivity index (χ1v) is 8.55. The molecule has 3 aromatic rings. The molecule has 0 spiro atoms. The van der Waals surface area contributed by atoms with Crippen molar-refractivity contribution in [3.05, 3.63) is 89.2 Å². The molecule has 2 aromatic carbocycles. The Hall–Kier alpha value is -3.35. The molecular formula is C21H18F3N3O. The van der Waals surface area contributed by atoms with E-state index in [0.717, 1.165) is 29.1 Å². The topological polar surface area (TPSA) is 46.4 Å². The molecular weight excluding hydrogens is 367 g/mol. The Morgan fingerprint density at radius 1 is 1.11 bits per heavy atom. The van der Waals surface area contributed by atoms with Crippen LogP contribution in [0.4, 0.5) is 13.2 Å². The van der Waals surface area contributed by atoms with Crippen LogP contribution in [0.15, 0.2) is 72.0 Å². The van der Waals surface area contributed by atoms with Crippen LogP contribution in [-0.2, 0) is 17.4 Å². The van der Waals surface area contributed by atoms with Crippen molar-refractivity contribution in [1.29, 1.82) is 0 Å². The molecule has 0 aliphatic rings. The summed E-state index contributed by atoms with van der Waals surface area (Å²) in [6.45, 7) is 1.95. The van der Waals surface area contributed by atoms with Gasteiger partial charge in [0.05, 0.1) is 18.2 Å². The van der Waals surface area contributed by atoms with Crippen LogP contribution in [0.1, 0.15) is 22.4 Å². The third-order valence-electron chi connectivity index (χ3n) is 4.09. The monoisotopic (exact) mass is 385 g/mol. The smallest absolute Gasteiger partial charge is 0.321 e. The zero-order valence-electron chi connectivity index (χ0n) is 15.1. The fourth-order valence-corrected chi connectivity index (χ4v) is 2.80. The van der Waals surface area contributed by atoms with Crippen LogP contribution in [0, 0.1) is 6.92 Å². The van der Waals surface area contributed by atoms with Gasteiger partial charge in [0, 0.05) is 23.1 Å². The molecule has 7 heteroatoms. The van der Waals surface area contributed by atoms with Gasteiger partial charge < -0.3 is 4.57 Å². The van der Waals surface area contributed by atoms with E-state index in [0.29, 0.717) is 0 Å². The minimum atomic E-state index is -4.44. The number of aromatic nitrogens is 1. The van der Waals surface area contributed by atoms with Crippen LogP contribution in [0.3, 0.4) is 0 Å². The minimum absolute atomic E-state index is 0.189. The second-order valence-electron chi connectivity index (χ2n) is 6.29. The predicted octanol–water partition coefficient (Wildman–Crippen LogP) is 4.50. The Labute approximate surface area is 160 Å². The molecule has 0 aliphatic heterocycles. The van der Waals surface area contributed by atoms with Gasteiger partial charge in [0.25, 0.3) is 0 Å². The van der Waals surface area contributed by atoms with Gasteiger partial charge in [-0.1, -0.05) is 36.4 Å². The fourth-order valence-electron chi connectivity index (χ4n) is 2.80. The maximum atomic E-state index is 12.7. The summed E-state index contributed by atoms with van der Waals surface area (Å²) in [5.74, 6) is -0.491. The van der Waals surface area contributed by atoms with Crippen molar-refractivity contribution in [2.24, 2.45) is 5.10 Å². The lowest BCUT2D eigenvalue weighted by Crippen LogP contribution is -2.20. The largest absolute Gasteiger partial charge is 0.416 e. The second kappa shape index (κ2) is 8.12. The van der Waals surface area contributed by atoms with E-state index in [-0.39, 0.29) is 12.0 Å². The highest BCUT2D eigenvalue weighted by molar-refractivity contribution is 5.83. The summed E-state index contributed by atoms with van der Waals surface area (Å²) in [5.41, 5.74) is 4.64. The number of aryl methyl sites for hydroxylation is 1. The van der Waals surface area contributed by atoms with Gasteiger partial charge in [-0.2, -0.15) is 18.3 Å². The number of hydrazone groups is 1. The van der Waals surface area contributed by atoms with E-state index in [4.69, 9.17) is 0 Å². The second-order valence-corrected chi connectivity index (χ2v) is 6.29. The molecule has 28 heavy (non-hydrogen) atoms. The number of carbonyl (C=O) groups is 1. The summed E-state index contributed by atoms with van der Waals surface area (Å²) in [4.78, 5) is 11.9. The van der Waals surface area contributed by atoms with E-state index in [1.54, 1.807) is 0 Å². The maximum Gasteiger partial charge on any atom is 0.416 e. The van der Waals surface area contributed by atoms with Crippen LogP contribution in [0.25, 0.3) is 5.69 Å². The molecule has 4 nitrogen and oxygen atoms in total. The van der Waals surface area contributed by atoms with Gasteiger partial charge in [0.15, 0.2) is 0 Å². The molecule has 0 atom stereocenters. The van der Waals surface area contributed by atoms with Crippen molar-refractivity contribution in [2.45, 2.75) is 19.5 Å². The highest BCUT2D eigenvalue weighted by atomic mass is 19.4. The molecule has 0 bridgehead atoms. The number of nitrogens with one attached hydrogen (secondary N) is 1. The number of benzene rings is 2. The molecule has 0 saturated heterocycles. The summed E-state index contributed by atoms with van der Waals surface area (Å²) < 4.78 is 40.2. The summed E-state index contributed by atoms with van der Waals surface area (Å²) >= 11 is 0. The van der Waals surface area contributed by atoms with Gasteiger partial charge in [0.2, 0.25) is 5.91 Å². The predicted molar refractivity (Wildman–Crippen MR) is 101 cm³/mol. The average Bonchev–Trinajstić information content (AvgIpc) is 3.02. The molecule has 1 N–H and O–H groups in total. The highest BCUT2D eigenvalue weighted by Crippen LogP contribution is 2.29. The van der Waals surface area contributed by atoms with Gasteiger partial charge in [-0.25, -0.2) is 5.43 Å². The molecule has 1 aromatic heterocycles. The summed E-state index contributed by atoms with van der Waals surface area (Å²) in [6, 6.07) is 16.4. The Bertz CT molecular complexity index is 992. The standard InChI is InChI=1S/C21H18F3N3O/c1-15-10-17(14-27(15)19-8-3-2-4-9-19)13-25-26-20(28)12-16-6-5-7-18(11-16)21(22,23)24/h2-11,13-14H,12H2,1H3,(H,26,28)/b25-13+. The quantitative estimate of drug-likeness (QED) is 0.510. The zero-order chi connectivity index (χ0) is 20.1. The molecule has 0 aliphatic carbocycles. The Kier molecular flexibility index (Phi) is 5.63. The van der Waals surface area contributed by atoms with E-state index in [9.17, 15) is 18.0 Å². The number of alkyl halides is 3. The van der Waals surface area contributed by atoms with E-state index < -0.39 is 17.6 Å². The van der Waals surface area contributed by atoms with Crippen molar-refractivity contribution < 1.29 is 18.0 Å². The lowest BCUT2D eigenvalue weighted by Gasteiger charge is -2.08. The van der Waals surface area contributed by atoms with Crippen molar-refractivity contribution in [3.8, 4) is 5.69 Å². The van der Waals surface area contributed by atoms with Gasteiger partial charge >= 0.3 is 6.18 Å². The number of amides is 1. The van der Waals surface area contributed by atoms with Gasteiger partial charge in [0.1, 0.15) is 0 Å². The van der Waals surface area contributed by atoms with Crippen LogP contribution in [0.2, 0.25) is 0 Å². The van der Waals surface area contributed by atoms with E-state index >= 15 is 0 Å². The minimum Gasteiger partial charge on any atom is -0.321 e. The lowest BCUT2D eigenvalue weighted by molar-refractivity contribution is -0.137. The number of hydrogen-bond donors (Lipinski definition) is 1. The molecule has 3 rings (SSSR count). The summed E-state index contributed by atoms with van der Waals surface area (Å²) in [5, 5.41) is 3.90. The Morgan fingerprint density at radius 3 is 2.57 bits per heavy atom. The van der Waals surface area contributed by atoms with Crippen molar-refractivity contribution in [2.75, 3.05) is 0 Å². The SMILES string of the molecule is Cc1cc(/C=N/NC(=O)Cc2cccc(C(F)(F)F)c2)cn1-c1ccccc1. The van der Waals surface area contributed by atoms with Gasteiger partial charge in [-0.3, -0.25) is 4.79 Å². The number of hydrogen-bond acceptors (Lipinski definition) is 2. The average molecular weight is 385 g/mol. The third kappa shape index (κ3) is 4.88. The van der Waals surface area contributed by atoms with E-state index in [1.165, 1.54) is 18.3 Å². The highest BCUT2D eigenvalue weighted by Gasteiger charge is 2.30. The molecule has 0 unspecified atom stereocenters. The molecule has 144 valence electrons. The molecule has 0 fully saturated rings. The van der Waals surface area contributed by atoms with Crippen LogP contribution in [0.5, 0.6) is 0 Å². The number of para-hydroxylation sites is 1. The van der Waals surface area contributed by atoms with Gasteiger partial charge in [-0.15, -0.1) is 0 Å². The lowest BCUT2D eigenvalue weighted by atomic mass is 10.1. The molecule has 1 amide bonds. The van der Waals surface area contributed by atoms with Crippen molar-refractivity contribution in [3.63, 3.8) is 0 Å². The molecule has 0 radical (unpaired) electrons.